The van der Waals surface area contributed by atoms with Crippen LogP contribution in [0.3, 0.4) is 0 Å². The lowest BCUT2D eigenvalue weighted by atomic mass is 9.89. The van der Waals surface area contributed by atoms with Gasteiger partial charge in [0.25, 0.3) is 0 Å². The van der Waals surface area contributed by atoms with Gasteiger partial charge in [0.2, 0.25) is 0 Å². The lowest BCUT2D eigenvalue weighted by Gasteiger charge is -2.42. The number of rotatable bonds is 4. The van der Waals surface area contributed by atoms with E-state index < -0.39 is 13.9 Å². The Morgan fingerprint density at radius 1 is 1.50 bits per heavy atom. The van der Waals surface area contributed by atoms with Crippen molar-refractivity contribution in [2.24, 2.45) is 5.11 Å². The van der Waals surface area contributed by atoms with E-state index in [1.54, 1.807) is 6.92 Å². The van der Waals surface area contributed by atoms with Crippen LogP contribution in [0, 0.1) is 0 Å². The summed E-state index contributed by atoms with van der Waals surface area (Å²) in [5.41, 5.74) is 7.43. The molecular formula is C13H27N3O3Si. The van der Waals surface area contributed by atoms with Crippen LogP contribution >= 0.6 is 0 Å². The fourth-order valence-electron chi connectivity index (χ4n) is 1.95. The molecule has 0 radical (unpaired) electrons. The fraction of sp³-hybridized carbons (Fsp3) is 1.00. The Hall–Kier alpha value is -0.593. The van der Waals surface area contributed by atoms with Crippen LogP contribution in [0.5, 0.6) is 0 Å². The molecule has 116 valence electrons. The molecule has 1 aliphatic rings. The van der Waals surface area contributed by atoms with Gasteiger partial charge in [0.1, 0.15) is 6.10 Å². The van der Waals surface area contributed by atoms with Gasteiger partial charge in [-0.25, -0.2) is 0 Å². The molecule has 1 aliphatic heterocycles. The second kappa shape index (κ2) is 6.03. The summed E-state index contributed by atoms with van der Waals surface area (Å²) >= 11 is 0. The highest BCUT2D eigenvalue weighted by atomic mass is 28.4. The van der Waals surface area contributed by atoms with Crippen molar-refractivity contribution in [3.63, 3.8) is 0 Å². The average molecular weight is 301 g/mol. The summed E-state index contributed by atoms with van der Waals surface area (Å²) in [6.45, 7) is 13.3. The molecule has 20 heavy (non-hydrogen) atoms. The molecule has 1 unspecified atom stereocenters. The first-order chi connectivity index (χ1) is 8.99. The molecular weight excluding hydrogens is 274 g/mol. The van der Waals surface area contributed by atoms with Crippen molar-refractivity contribution in [2.75, 3.05) is 13.2 Å². The number of hydrogen-bond acceptors (Lipinski definition) is 4. The predicted molar refractivity (Wildman–Crippen MR) is 81.1 cm³/mol. The van der Waals surface area contributed by atoms with E-state index >= 15 is 0 Å². The molecule has 1 fully saturated rings. The molecule has 1 saturated heterocycles. The Bertz CT molecular complexity index is 387. The van der Waals surface area contributed by atoms with E-state index in [0.717, 1.165) is 0 Å². The molecule has 0 aliphatic carbocycles. The molecule has 1 N–H and O–H groups in total. The topological polar surface area (TPSA) is 87.5 Å². The largest absolute Gasteiger partial charge is 0.414 e. The van der Waals surface area contributed by atoms with Gasteiger partial charge in [-0.15, -0.1) is 0 Å². The number of nitrogens with zero attached hydrogens (tertiary/aromatic N) is 3. The summed E-state index contributed by atoms with van der Waals surface area (Å²) in [4.78, 5) is 2.78. The minimum Gasteiger partial charge on any atom is -0.414 e. The highest BCUT2D eigenvalue weighted by molar-refractivity contribution is 6.74. The molecule has 3 atom stereocenters. The minimum atomic E-state index is -1.86. The van der Waals surface area contributed by atoms with Crippen LogP contribution in [0.1, 0.15) is 34.1 Å². The van der Waals surface area contributed by atoms with Crippen molar-refractivity contribution in [3.05, 3.63) is 10.4 Å². The van der Waals surface area contributed by atoms with E-state index in [0.29, 0.717) is 19.6 Å². The van der Waals surface area contributed by atoms with Crippen LogP contribution in [-0.2, 0) is 9.16 Å². The van der Waals surface area contributed by atoms with Gasteiger partial charge >= 0.3 is 0 Å². The van der Waals surface area contributed by atoms with Crippen molar-refractivity contribution in [1.82, 2.24) is 0 Å². The molecule has 0 aromatic carbocycles. The van der Waals surface area contributed by atoms with Gasteiger partial charge in [-0.2, -0.15) is 0 Å². The molecule has 0 spiro atoms. The van der Waals surface area contributed by atoms with E-state index in [2.05, 4.69) is 43.9 Å². The first kappa shape index (κ1) is 17.5. The number of aliphatic hydroxyl groups is 1. The summed E-state index contributed by atoms with van der Waals surface area (Å²) in [6, 6.07) is -0.306. The smallest absolute Gasteiger partial charge is 0.192 e. The van der Waals surface area contributed by atoms with Gasteiger partial charge in [0.15, 0.2) is 8.32 Å². The maximum atomic E-state index is 10.5. The van der Waals surface area contributed by atoms with Gasteiger partial charge < -0.3 is 14.3 Å². The monoisotopic (exact) mass is 301 g/mol. The molecule has 1 heterocycles. The maximum absolute atomic E-state index is 10.5. The van der Waals surface area contributed by atoms with Crippen LogP contribution in [0.25, 0.3) is 10.4 Å². The molecule has 6 nitrogen and oxygen atoms in total. The van der Waals surface area contributed by atoms with E-state index in [-0.39, 0.29) is 17.2 Å². The highest BCUT2D eigenvalue weighted by Crippen LogP contribution is 2.37. The molecule has 7 heteroatoms. The van der Waals surface area contributed by atoms with E-state index in [1.165, 1.54) is 0 Å². The molecule has 0 bridgehead atoms. The molecule has 1 rings (SSSR count). The lowest BCUT2D eigenvalue weighted by molar-refractivity contribution is -0.153. The quantitative estimate of drug-likeness (QED) is 0.374. The van der Waals surface area contributed by atoms with Crippen molar-refractivity contribution in [1.29, 1.82) is 0 Å². The van der Waals surface area contributed by atoms with E-state index in [9.17, 15) is 5.11 Å². The van der Waals surface area contributed by atoms with Gasteiger partial charge in [0, 0.05) is 4.91 Å². The summed E-state index contributed by atoms with van der Waals surface area (Å²) in [5, 5.41) is 14.2. The summed E-state index contributed by atoms with van der Waals surface area (Å²) in [5.74, 6) is 0. The standard InChI is InChI=1S/C13H27N3O3Si/c1-12(2,3)20(5,6)19-9-11-13(4,17)7-10(8-18-11)15-16-14/h10-11,17H,7-9H2,1-6H3/t10-,11?,13+/m1/s1. The van der Waals surface area contributed by atoms with Crippen LogP contribution < -0.4 is 0 Å². The van der Waals surface area contributed by atoms with E-state index in [4.69, 9.17) is 14.7 Å². The zero-order valence-electron chi connectivity index (χ0n) is 13.4. The normalized spacial score (nSPS) is 31.8. The first-order valence-corrected chi connectivity index (χ1v) is 9.92. The van der Waals surface area contributed by atoms with Gasteiger partial charge in [-0.3, -0.25) is 0 Å². The van der Waals surface area contributed by atoms with Gasteiger partial charge in [0.05, 0.1) is 24.9 Å². The molecule has 0 aromatic heterocycles. The molecule has 0 saturated carbocycles. The average Bonchev–Trinajstić information content (AvgIpc) is 2.25. The van der Waals surface area contributed by atoms with Crippen LogP contribution in [0.2, 0.25) is 18.1 Å². The minimum absolute atomic E-state index is 0.126. The SMILES string of the molecule is CC(C)(C)[Si](C)(C)OCC1OC[C@H](N=[N+]=[N-])C[C@]1(C)O. The predicted octanol–water partition coefficient (Wildman–Crippen LogP) is 3.23. The number of ether oxygens (including phenoxy) is 1. The maximum Gasteiger partial charge on any atom is 0.192 e. The Morgan fingerprint density at radius 2 is 2.10 bits per heavy atom. The Balaban J connectivity index is 2.64. The van der Waals surface area contributed by atoms with E-state index in [1.807, 2.05) is 0 Å². The Labute approximate surface area is 122 Å². The third-order valence-electron chi connectivity index (χ3n) is 4.45. The number of hydrogen-bond donors (Lipinski definition) is 1. The molecule has 0 aromatic rings. The van der Waals surface area contributed by atoms with Gasteiger partial charge in [-0.1, -0.05) is 25.9 Å². The van der Waals surface area contributed by atoms with Crippen LogP contribution in [0.4, 0.5) is 0 Å². The lowest BCUT2D eigenvalue weighted by Crippen LogP contribution is -2.54. The second-order valence-corrected chi connectivity index (χ2v) is 12.1. The summed E-state index contributed by atoms with van der Waals surface area (Å²) in [6.07, 6.45) is 0.0320. The summed E-state index contributed by atoms with van der Waals surface area (Å²) < 4.78 is 11.8. The van der Waals surface area contributed by atoms with Crippen molar-refractivity contribution in [3.8, 4) is 0 Å². The number of azide groups is 1. The zero-order chi connectivity index (χ0) is 15.6. The van der Waals surface area contributed by atoms with Crippen molar-refractivity contribution in [2.45, 2.75) is 70.0 Å². The summed E-state index contributed by atoms with van der Waals surface area (Å²) in [7, 11) is -1.86. The van der Waals surface area contributed by atoms with Crippen LogP contribution in [0.15, 0.2) is 5.11 Å². The first-order valence-electron chi connectivity index (χ1n) is 7.02. The highest BCUT2D eigenvalue weighted by Gasteiger charge is 2.43. The molecule has 0 amide bonds. The second-order valence-electron chi connectivity index (χ2n) is 7.31. The third-order valence-corrected chi connectivity index (χ3v) is 8.95. The van der Waals surface area contributed by atoms with Gasteiger partial charge in [-0.05, 0) is 37.0 Å². The third kappa shape index (κ3) is 4.20. The zero-order valence-corrected chi connectivity index (χ0v) is 14.4. The Kier molecular flexibility index (Phi) is 5.27. The Morgan fingerprint density at radius 3 is 2.55 bits per heavy atom. The van der Waals surface area contributed by atoms with Crippen molar-refractivity contribution >= 4 is 8.32 Å². The van der Waals surface area contributed by atoms with Crippen LogP contribution in [-0.4, -0.2) is 44.4 Å². The van der Waals surface area contributed by atoms with Crippen molar-refractivity contribution < 1.29 is 14.3 Å². The fourth-order valence-corrected chi connectivity index (χ4v) is 2.95.